The van der Waals surface area contributed by atoms with Crippen molar-refractivity contribution in [3.05, 3.63) is 30.6 Å². The summed E-state index contributed by atoms with van der Waals surface area (Å²) < 4.78 is 32.4. The molecule has 1 fully saturated rings. The van der Waals surface area contributed by atoms with Crippen molar-refractivity contribution < 1.29 is 13.5 Å². The fraction of sp³-hybridized carbons (Fsp3) is 0.562. The Bertz CT molecular complexity index is 545. The molecule has 0 bridgehead atoms. The van der Waals surface area contributed by atoms with Crippen molar-refractivity contribution in [3.8, 4) is 5.75 Å². The normalized spacial score (nSPS) is 22.0. The summed E-state index contributed by atoms with van der Waals surface area (Å²) in [7, 11) is 0. The molecule has 3 rings (SSSR count). The Morgan fingerprint density at radius 1 is 1.43 bits per heavy atom. The van der Waals surface area contributed by atoms with Crippen molar-refractivity contribution in [2.75, 3.05) is 19.6 Å². The SMILES string of the molecule is C=C1CC2(CCN(CC(C)(F)F)CC2)Oc2cnccc21. The summed E-state index contributed by atoms with van der Waals surface area (Å²) >= 11 is 0. The Balaban J connectivity index is 1.70. The second-order valence-electron chi connectivity index (χ2n) is 6.28. The summed E-state index contributed by atoms with van der Waals surface area (Å²) in [6.07, 6.45) is 5.71. The van der Waals surface area contributed by atoms with Gasteiger partial charge < -0.3 is 4.74 Å². The first kappa shape index (κ1) is 14.4. The molecule has 1 aromatic heterocycles. The molecular weight excluding hydrogens is 274 g/mol. The monoisotopic (exact) mass is 294 g/mol. The predicted molar refractivity (Wildman–Crippen MR) is 77.5 cm³/mol. The van der Waals surface area contributed by atoms with Gasteiger partial charge in [-0.3, -0.25) is 9.88 Å². The first-order valence-electron chi connectivity index (χ1n) is 7.28. The lowest BCUT2D eigenvalue weighted by Gasteiger charge is -2.45. The highest BCUT2D eigenvalue weighted by Crippen LogP contribution is 2.43. The molecule has 5 heteroatoms. The Morgan fingerprint density at radius 3 is 2.81 bits per heavy atom. The number of aromatic nitrogens is 1. The van der Waals surface area contributed by atoms with Gasteiger partial charge in [0.15, 0.2) is 0 Å². The first-order valence-corrected chi connectivity index (χ1v) is 7.28. The molecule has 114 valence electrons. The quantitative estimate of drug-likeness (QED) is 0.836. The van der Waals surface area contributed by atoms with Gasteiger partial charge in [0.1, 0.15) is 11.4 Å². The highest BCUT2D eigenvalue weighted by Gasteiger charge is 2.42. The minimum absolute atomic E-state index is 0.178. The van der Waals surface area contributed by atoms with Crippen molar-refractivity contribution in [1.29, 1.82) is 0 Å². The molecule has 3 heterocycles. The molecule has 0 radical (unpaired) electrons. The molecule has 0 unspecified atom stereocenters. The fourth-order valence-electron chi connectivity index (χ4n) is 3.30. The molecule has 0 aliphatic carbocycles. The topological polar surface area (TPSA) is 25.4 Å². The molecule has 0 atom stereocenters. The number of nitrogens with zero attached hydrogens (tertiary/aromatic N) is 2. The van der Waals surface area contributed by atoms with Crippen LogP contribution in [0, 0.1) is 0 Å². The zero-order valence-electron chi connectivity index (χ0n) is 12.2. The summed E-state index contributed by atoms with van der Waals surface area (Å²) in [6, 6.07) is 1.91. The molecule has 21 heavy (non-hydrogen) atoms. The van der Waals surface area contributed by atoms with Crippen LogP contribution in [0.25, 0.3) is 5.57 Å². The van der Waals surface area contributed by atoms with Gasteiger partial charge in [-0.15, -0.1) is 0 Å². The van der Waals surface area contributed by atoms with Gasteiger partial charge in [0.25, 0.3) is 5.92 Å². The summed E-state index contributed by atoms with van der Waals surface area (Å²) in [6.45, 7) is 6.20. The fourth-order valence-corrected chi connectivity index (χ4v) is 3.30. The summed E-state index contributed by atoms with van der Waals surface area (Å²) in [4.78, 5) is 5.91. The number of hydrogen-bond donors (Lipinski definition) is 0. The van der Waals surface area contributed by atoms with E-state index in [1.165, 1.54) is 0 Å². The summed E-state index contributed by atoms with van der Waals surface area (Å²) in [5.74, 6) is -1.87. The van der Waals surface area contributed by atoms with E-state index in [9.17, 15) is 8.78 Å². The zero-order chi connectivity index (χ0) is 15.1. The van der Waals surface area contributed by atoms with Gasteiger partial charge >= 0.3 is 0 Å². The van der Waals surface area contributed by atoms with Crippen LogP contribution in [0.3, 0.4) is 0 Å². The Hall–Kier alpha value is -1.49. The molecule has 0 N–H and O–H groups in total. The Labute approximate surface area is 123 Å². The molecule has 1 aromatic rings. The van der Waals surface area contributed by atoms with Crippen molar-refractivity contribution in [1.82, 2.24) is 9.88 Å². The molecule has 1 spiro atoms. The van der Waals surface area contributed by atoms with Crippen LogP contribution in [-0.2, 0) is 0 Å². The van der Waals surface area contributed by atoms with E-state index in [2.05, 4.69) is 11.6 Å². The summed E-state index contributed by atoms with van der Waals surface area (Å²) in [5, 5.41) is 0. The van der Waals surface area contributed by atoms with E-state index in [1.54, 1.807) is 12.4 Å². The van der Waals surface area contributed by atoms with Gasteiger partial charge in [0.05, 0.1) is 12.7 Å². The Kier molecular flexibility index (Phi) is 3.48. The molecular formula is C16H20F2N2O. The van der Waals surface area contributed by atoms with Crippen molar-refractivity contribution >= 4 is 5.57 Å². The number of fused-ring (bicyclic) bond motifs is 1. The molecule has 0 amide bonds. The third-order valence-corrected chi connectivity index (χ3v) is 4.30. The maximum absolute atomic E-state index is 13.1. The van der Waals surface area contributed by atoms with Crippen molar-refractivity contribution in [2.45, 2.75) is 37.7 Å². The standard InChI is InChI=1S/C16H20F2N2O/c1-12-9-16(21-14-10-19-6-3-13(12)14)4-7-20(8-5-16)11-15(2,17)18/h3,6,10H,1,4-5,7-9,11H2,2H3. The van der Waals surface area contributed by atoms with E-state index in [4.69, 9.17) is 4.74 Å². The van der Waals surface area contributed by atoms with Gasteiger partial charge in [-0.05, 0) is 11.6 Å². The average molecular weight is 294 g/mol. The van der Waals surface area contributed by atoms with Gasteiger partial charge in [-0.2, -0.15) is 0 Å². The van der Waals surface area contributed by atoms with Crippen LogP contribution >= 0.6 is 0 Å². The number of halogens is 2. The van der Waals surface area contributed by atoms with Gasteiger partial charge in [0.2, 0.25) is 0 Å². The van der Waals surface area contributed by atoms with Gasteiger partial charge in [-0.1, -0.05) is 6.58 Å². The second kappa shape index (κ2) is 5.05. The third-order valence-electron chi connectivity index (χ3n) is 4.30. The smallest absolute Gasteiger partial charge is 0.257 e. The lowest BCUT2D eigenvalue weighted by molar-refractivity contribution is -0.0498. The maximum Gasteiger partial charge on any atom is 0.257 e. The number of pyridine rings is 1. The number of alkyl halides is 2. The lowest BCUT2D eigenvalue weighted by Crippen LogP contribution is -2.51. The molecule has 2 aliphatic rings. The molecule has 2 aliphatic heterocycles. The maximum atomic E-state index is 13.1. The number of hydrogen-bond acceptors (Lipinski definition) is 3. The lowest BCUT2D eigenvalue weighted by atomic mass is 9.81. The van der Waals surface area contributed by atoms with E-state index >= 15 is 0 Å². The zero-order valence-corrected chi connectivity index (χ0v) is 12.2. The largest absolute Gasteiger partial charge is 0.485 e. The molecule has 0 aromatic carbocycles. The highest BCUT2D eigenvalue weighted by atomic mass is 19.3. The molecule has 0 saturated carbocycles. The first-order chi connectivity index (χ1) is 9.87. The minimum atomic E-state index is -2.64. The van der Waals surface area contributed by atoms with Crippen LogP contribution in [0.2, 0.25) is 0 Å². The van der Waals surface area contributed by atoms with E-state index in [1.807, 2.05) is 11.0 Å². The summed E-state index contributed by atoms with van der Waals surface area (Å²) in [5.41, 5.74) is 1.76. The molecule has 1 saturated heterocycles. The Morgan fingerprint density at radius 2 is 2.14 bits per heavy atom. The number of rotatable bonds is 2. The highest BCUT2D eigenvalue weighted by molar-refractivity contribution is 5.70. The van der Waals surface area contributed by atoms with E-state index in [0.29, 0.717) is 13.1 Å². The van der Waals surface area contributed by atoms with Crippen LogP contribution < -0.4 is 4.74 Å². The number of piperidine rings is 1. The van der Waals surface area contributed by atoms with E-state index < -0.39 is 5.92 Å². The second-order valence-corrected chi connectivity index (χ2v) is 6.28. The van der Waals surface area contributed by atoms with Gasteiger partial charge in [-0.25, -0.2) is 8.78 Å². The third kappa shape index (κ3) is 3.07. The predicted octanol–water partition coefficient (Wildman–Crippen LogP) is 3.37. The number of ether oxygens (including phenoxy) is 1. The average Bonchev–Trinajstić information content (AvgIpc) is 2.40. The van der Waals surface area contributed by atoms with Crippen LogP contribution in [-0.4, -0.2) is 41.0 Å². The van der Waals surface area contributed by atoms with Crippen LogP contribution in [0.5, 0.6) is 5.75 Å². The number of likely N-dealkylation sites (tertiary alicyclic amines) is 1. The molecule has 3 nitrogen and oxygen atoms in total. The van der Waals surface area contributed by atoms with Crippen molar-refractivity contribution in [3.63, 3.8) is 0 Å². The van der Waals surface area contributed by atoms with Gasteiger partial charge in [0, 0.05) is 51.0 Å². The van der Waals surface area contributed by atoms with E-state index in [0.717, 1.165) is 43.1 Å². The van der Waals surface area contributed by atoms with Crippen molar-refractivity contribution in [2.24, 2.45) is 0 Å². The van der Waals surface area contributed by atoms with E-state index in [-0.39, 0.29) is 12.1 Å². The van der Waals surface area contributed by atoms with Crippen LogP contribution in [0.1, 0.15) is 31.7 Å². The minimum Gasteiger partial charge on any atom is -0.485 e. The van der Waals surface area contributed by atoms with Crippen LogP contribution in [0.15, 0.2) is 25.0 Å². The van der Waals surface area contributed by atoms with Crippen LogP contribution in [0.4, 0.5) is 8.78 Å².